The summed E-state index contributed by atoms with van der Waals surface area (Å²) >= 11 is 1.51. The maximum Gasteiger partial charge on any atom is 0.303 e. The van der Waals surface area contributed by atoms with E-state index >= 15 is 0 Å². The third-order valence-electron chi connectivity index (χ3n) is 6.82. The first-order chi connectivity index (χ1) is 16.9. The Labute approximate surface area is 222 Å². The van der Waals surface area contributed by atoms with Crippen LogP contribution in [0.25, 0.3) is 0 Å². The second-order valence-electron chi connectivity index (χ2n) is 9.36. The van der Waals surface area contributed by atoms with Gasteiger partial charge in [-0.3, -0.25) is 9.59 Å². The van der Waals surface area contributed by atoms with E-state index in [9.17, 15) is 14.0 Å². The number of hydrogen-bond donors (Lipinski definition) is 1. The van der Waals surface area contributed by atoms with Gasteiger partial charge in [-0.1, -0.05) is 36.4 Å². The molecule has 1 atom stereocenters. The van der Waals surface area contributed by atoms with Crippen LogP contribution in [-0.4, -0.2) is 48.5 Å². The predicted octanol–water partition coefficient (Wildman–Crippen LogP) is 2.54. The van der Waals surface area contributed by atoms with Crippen LogP contribution >= 0.6 is 11.3 Å². The number of carbonyl (C=O) groups is 2. The number of fused-ring (bicyclic) bond motifs is 3. The standard InChI is InChI=1S/C15H20NO3S.C13H12FN.ClH/c1-11(17)19-14-10-16(6-4-12(14)5-7-16)9-13(18)15-3-2-8-20-15;14-12-8-6-11(7-9-12)10-15-13-4-2-1-3-5-13;/h2-3,8,12,14H,4-7,9-10H2,1H3;1-9,15H,10H2;1H/q+1;;/p-1. The second-order valence-corrected chi connectivity index (χ2v) is 10.3. The molecule has 0 saturated carbocycles. The number of thiophene rings is 1. The largest absolute Gasteiger partial charge is 1.00 e. The fourth-order valence-electron chi connectivity index (χ4n) is 4.97. The van der Waals surface area contributed by atoms with Gasteiger partial charge in [-0.25, -0.2) is 4.39 Å². The number of nitrogens with one attached hydrogen (secondary N) is 1. The number of ketones is 1. The highest BCUT2D eigenvalue weighted by Gasteiger charge is 2.48. The first kappa shape index (κ1) is 27.8. The molecule has 2 bridgehead atoms. The quantitative estimate of drug-likeness (QED) is 0.290. The first-order valence-corrected chi connectivity index (χ1v) is 12.9. The van der Waals surface area contributed by atoms with Crippen LogP contribution in [0.2, 0.25) is 0 Å². The highest BCUT2D eigenvalue weighted by atomic mass is 35.5. The Bertz CT molecular complexity index is 1100. The van der Waals surface area contributed by atoms with Crippen molar-refractivity contribution < 1.29 is 35.6 Å². The summed E-state index contributed by atoms with van der Waals surface area (Å²) < 4.78 is 18.9. The summed E-state index contributed by atoms with van der Waals surface area (Å²) in [4.78, 5) is 24.4. The molecule has 0 radical (unpaired) electrons. The zero-order chi connectivity index (χ0) is 24.7. The summed E-state index contributed by atoms with van der Waals surface area (Å²) in [7, 11) is 0. The molecule has 3 aliphatic heterocycles. The zero-order valence-corrected chi connectivity index (χ0v) is 21.9. The summed E-state index contributed by atoms with van der Waals surface area (Å²) in [5.74, 6) is 0.322. The fraction of sp³-hybridized carbons (Fsp3) is 0.357. The zero-order valence-electron chi connectivity index (χ0n) is 20.4. The Morgan fingerprint density at radius 1 is 1.03 bits per heavy atom. The van der Waals surface area contributed by atoms with Gasteiger partial charge in [-0.05, 0) is 41.3 Å². The number of benzene rings is 2. The number of halogens is 2. The summed E-state index contributed by atoms with van der Waals surface area (Å²) in [5, 5.41) is 5.20. The highest BCUT2D eigenvalue weighted by Crippen LogP contribution is 2.36. The second kappa shape index (κ2) is 13.0. The lowest BCUT2D eigenvalue weighted by Crippen LogP contribution is -3.00. The lowest BCUT2D eigenvalue weighted by Gasteiger charge is -2.51. The number of quaternary nitrogens is 1. The van der Waals surface area contributed by atoms with Crippen molar-refractivity contribution in [2.75, 3.05) is 31.5 Å². The number of piperidine rings is 3. The molecule has 1 unspecified atom stereocenters. The van der Waals surface area contributed by atoms with Crippen molar-refractivity contribution in [1.29, 1.82) is 0 Å². The number of para-hydroxylation sites is 1. The molecule has 3 saturated heterocycles. The maximum absolute atomic E-state index is 12.6. The van der Waals surface area contributed by atoms with Gasteiger partial charge in [0, 0.05) is 37.9 Å². The summed E-state index contributed by atoms with van der Waals surface area (Å²) in [6.45, 7) is 5.62. The van der Waals surface area contributed by atoms with Crippen LogP contribution in [-0.2, 0) is 16.1 Å². The maximum atomic E-state index is 12.6. The molecule has 3 aromatic rings. The minimum absolute atomic E-state index is 0. The average molecular weight is 531 g/mol. The normalized spacial score (nSPS) is 21.9. The van der Waals surface area contributed by atoms with E-state index in [2.05, 4.69) is 5.32 Å². The van der Waals surface area contributed by atoms with Gasteiger partial charge in [0.05, 0.1) is 18.0 Å². The molecule has 0 spiro atoms. The molecule has 1 aromatic heterocycles. The van der Waals surface area contributed by atoms with Gasteiger partial charge < -0.3 is 26.9 Å². The van der Waals surface area contributed by atoms with Crippen molar-refractivity contribution >= 4 is 28.8 Å². The molecule has 2 aromatic carbocycles. The number of hydrogen-bond acceptors (Lipinski definition) is 5. The number of rotatable bonds is 7. The average Bonchev–Trinajstić information content (AvgIpc) is 3.40. The molecule has 4 heterocycles. The number of esters is 1. The molecule has 1 N–H and O–H groups in total. The minimum atomic E-state index is -0.202. The monoisotopic (exact) mass is 530 g/mol. The highest BCUT2D eigenvalue weighted by molar-refractivity contribution is 7.12. The van der Waals surface area contributed by atoms with E-state index in [1.807, 2.05) is 47.8 Å². The third-order valence-corrected chi connectivity index (χ3v) is 7.73. The topological polar surface area (TPSA) is 55.4 Å². The number of ether oxygens (including phenoxy) is 1. The molecular formula is C28H32ClFN2O3S. The molecule has 192 valence electrons. The molecule has 3 fully saturated rings. The van der Waals surface area contributed by atoms with E-state index in [-0.39, 0.29) is 36.1 Å². The van der Waals surface area contributed by atoms with Gasteiger partial charge in [-0.15, -0.1) is 11.3 Å². The SMILES string of the molecule is CC(=O)OC1C[N+]2(CC(=O)c3cccs3)CCC1CC2.Fc1ccc(CNc2ccccc2)cc1.[Cl-]. The Hall–Kier alpha value is -2.74. The molecule has 0 aliphatic carbocycles. The molecule has 5 nitrogen and oxygen atoms in total. The number of nitrogens with zero attached hydrogens (tertiary/aromatic N) is 1. The predicted molar refractivity (Wildman–Crippen MR) is 137 cm³/mol. The van der Waals surface area contributed by atoms with Crippen molar-refractivity contribution in [2.45, 2.75) is 32.4 Å². The van der Waals surface area contributed by atoms with Gasteiger partial charge in [0.15, 0.2) is 6.10 Å². The molecule has 3 aliphatic rings. The Balaban J connectivity index is 0.000000203. The van der Waals surface area contributed by atoms with Crippen LogP contribution in [0.1, 0.15) is 35.0 Å². The van der Waals surface area contributed by atoms with Gasteiger partial charge in [0.2, 0.25) is 5.78 Å². The van der Waals surface area contributed by atoms with Crippen molar-refractivity contribution in [2.24, 2.45) is 5.92 Å². The van der Waals surface area contributed by atoms with E-state index in [4.69, 9.17) is 4.74 Å². The third kappa shape index (κ3) is 7.63. The van der Waals surface area contributed by atoms with Gasteiger partial charge in [-0.2, -0.15) is 0 Å². The van der Waals surface area contributed by atoms with Crippen LogP contribution in [0.15, 0.2) is 72.1 Å². The van der Waals surface area contributed by atoms with Crippen LogP contribution in [0, 0.1) is 11.7 Å². The smallest absolute Gasteiger partial charge is 0.303 e. The number of Topliss-reactive ketones (excluding diaryl/α,β-unsaturated/α-hetero) is 1. The van der Waals surface area contributed by atoms with Crippen LogP contribution < -0.4 is 17.7 Å². The van der Waals surface area contributed by atoms with Gasteiger partial charge in [0.25, 0.3) is 0 Å². The summed E-state index contributed by atoms with van der Waals surface area (Å²) in [6.07, 6.45) is 2.14. The lowest BCUT2D eigenvalue weighted by atomic mass is 9.83. The van der Waals surface area contributed by atoms with Crippen molar-refractivity contribution in [3.63, 3.8) is 0 Å². The van der Waals surface area contributed by atoms with E-state index in [0.717, 1.165) is 53.1 Å². The molecule has 8 heteroatoms. The van der Waals surface area contributed by atoms with Gasteiger partial charge >= 0.3 is 5.97 Å². The van der Waals surface area contributed by atoms with Crippen LogP contribution in [0.5, 0.6) is 0 Å². The molecule has 6 rings (SSSR count). The molecule has 36 heavy (non-hydrogen) atoms. The van der Waals surface area contributed by atoms with Crippen molar-refractivity contribution in [3.05, 3.63) is 88.4 Å². The molecule has 0 amide bonds. The van der Waals surface area contributed by atoms with E-state index in [0.29, 0.717) is 19.0 Å². The van der Waals surface area contributed by atoms with Gasteiger partial charge in [0.1, 0.15) is 18.9 Å². The first-order valence-electron chi connectivity index (χ1n) is 12.0. The molecular weight excluding hydrogens is 499 g/mol. The van der Waals surface area contributed by atoms with Crippen LogP contribution in [0.4, 0.5) is 10.1 Å². The van der Waals surface area contributed by atoms with Crippen molar-refractivity contribution in [1.82, 2.24) is 0 Å². The Kier molecular flexibility index (Phi) is 10.0. The fourth-order valence-corrected chi connectivity index (χ4v) is 5.63. The Morgan fingerprint density at radius 2 is 1.72 bits per heavy atom. The number of carbonyl (C=O) groups excluding carboxylic acids is 2. The lowest BCUT2D eigenvalue weighted by molar-refractivity contribution is -0.938. The van der Waals surface area contributed by atoms with E-state index < -0.39 is 0 Å². The van der Waals surface area contributed by atoms with Crippen LogP contribution in [0.3, 0.4) is 0 Å². The summed E-state index contributed by atoms with van der Waals surface area (Å²) in [6, 6.07) is 20.3. The number of anilines is 1. The van der Waals surface area contributed by atoms with E-state index in [1.165, 1.54) is 30.4 Å². The van der Waals surface area contributed by atoms with E-state index in [1.54, 1.807) is 12.1 Å². The summed E-state index contributed by atoms with van der Waals surface area (Å²) in [5.41, 5.74) is 2.14. The van der Waals surface area contributed by atoms with Crippen molar-refractivity contribution in [3.8, 4) is 0 Å². The Morgan fingerprint density at radius 3 is 2.33 bits per heavy atom. The minimum Gasteiger partial charge on any atom is -1.00 e.